The number of ether oxygens (including phenoxy) is 2. The first-order valence-electron chi connectivity index (χ1n) is 8.03. The molecule has 0 radical (unpaired) electrons. The number of methoxy groups -OCH3 is 1. The second-order valence-electron chi connectivity index (χ2n) is 5.98. The Hall–Kier alpha value is -3.00. The van der Waals surface area contributed by atoms with Crippen LogP contribution < -0.4 is 4.74 Å². The molecule has 0 aliphatic heterocycles. The number of esters is 1. The van der Waals surface area contributed by atoms with Crippen molar-refractivity contribution in [1.29, 1.82) is 5.26 Å². The van der Waals surface area contributed by atoms with Gasteiger partial charge in [-0.3, -0.25) is 0 Å². The zero-order valence-electron chi connectivity index (χ0n) is 15.2. The lowest BCUT2D eigenvalue weighted by molar-refractivity contribution is -0.142. The van der Waals surface area contributed by atoms with Crippen molar-refractivity contribution in [2.24, 2.45) is 0 Å². The lowest BCUT2D eigenvalue weighted by Gasteiger charge is -2.10. The maximum atomic E-state index is 12.0. The van der Waals surface area contributed by atoms with Gasteiger partial charge >= 0.3 is 5.97 Å². The molecule has 0 amide bonds. The van der Waals surface area contributed by atoms with Crippen molar-refractivity contribution >= 4 is 12.0 Å². The zero-order chi connectivity index (χ0) is 18.6. The van der Waals surface area contributed by atoms with Gasteiger partial charge in [0.2, 0.25) is 0 Å². The lowest BCUT2D eigenvalue weighted by Crippen LogP contribution is -2.12. The number of hydrogen-bond acceptors (Lipinski definition) is 4. The van der Waals surface area contributed by atoms with Gasteiger partial charge in [-0.15, -0.1) is 0 Å². The van der Waals surface area contributed by atoms with Crippen LogP contribution in [0.25, 0.3) is 11.8 Å². The minimum atomic E-state index is -0.605. The molecular formula is C20H22N2O3. The van der Waals surface area contributed by atoms with Crippen LogP contribution in [0.2, 0.25) is 0 Å². The molecule has 0 N–H and O–H groups in total. The van der Waals surface area contributed by atoms with Gasteiger partial charge in [-0.2, -0.15) is 5.26 Å². The first-order valence-corrected chi connectivity index (χ1v) is 8.03. The molecule has 0 saturated heterocycles. The second-order valence-corrected chi connectivity index (χ2v) is 5.98. The molecule has 1 aromatic carbocycles. The highest BCUT2D eigenvalue weighted by molar-refractivity contribution is 5.98. The average molecular weight is 338 g/mol. The largest absolute Gasteiger partial charge is 0.497 e. The van der Waals surface area contributed by atoms with Gasteiger partial charge in [-0.05, 0) is 69.7 Å². The summed E-state index contributed by atoms with van der Waals surface area (Å²) >= 11 is 0. The Kier molecular flexibility index (Phi) is 5.66. The lowest BCUT2D eigenvalue weighted by atomic mass is 10.1. The van der Waals surface area contributed by atoms with Crippen molar-refractivity contribution in [3.63, 3.8) is 0 Å². The molecule has 0 atom stereocenters. The van der Waals surface area contributed by atoms with Gasteiger partial charge in [0, 0.05) is 17.1 Å². The maximum absolute atomic E-state index is 12.0. The monoisotopic (exact) mass is 338 g/mol. The van der Waals surface area contributed by atoms with Crippen molar-refractivity contribution in [3.05, 3.63) is 52.9 Å². The standard InChI is InChI=1S/C20H22N2O3/c1-13(2)25-20(23)17(12-21)11-16-10-14(3)22(15(16)4)18-6-8-19(24-5)9-7-18/h6-11,13H,1-5H3/b17-11+. The van der Waals surface area contributed by atoms with E-state index in [0.29, 0.717) is 0 Å². The molecule has 5 nitrogen and oxygen atoms in total. The molecular weight excluding hydrogens is 316 g/mol. The van der Waals surface area contributed by atoms with E-state index in [9.17, 15) is 10.1 Å². The van der Waals surface area contributed by atoms with E-state index in [1.807, 2.05) is 50.2 Å². The Morgan fingerprint density at radius 3 is 2.40 bits per heavy atom. The van der Waals surface area contributed by atoms with Crippen LogP contribution >= 0.6 is 0 Å². The van der Waals surface area contributed by atoms with E-state index in [-0.39, 0.29) is 11.7 Å². The highest BCUT2D eigenvalue weighted by atomic mass is 16.5. The van der Waals surface area contributed by atoms with Crippen LogP contribution in [0.4, 0.5) is 0 Å². The zero-order valence-corrected chi connectivity index (χ0v) is 15.2. The summed E-state index contributed by atoms with van der Waals surface area (Å²) in [4.78, 5) is 12.0. The van der Waals surface area contributed by atoms with E-state index in [2.05, 4.69) is 4.57 Å². The molecule has 2 rings (SSSR count). The van der Waals surface area contributed by atoms with Crippen molar-refractivity contribution in [1.82, 2.24) is 4.57 Å². The highest BCUT2D eigenvalue weighted by Crippen LogP contribution is 2.24. The maximum Gasteiger partial charge on any atom is 0.349 e. The number of carbonyl (C=O) groups is 1. The van der Waals surface area contributed by atoms with Crippen molar-refractivity contribution in [2.45, 2.75) is 33.8 Å². The number of aromatic nitrogens is 1. The minimum absolute atomic E-state index is 0.0105. The van der Waals surface area contributed by atoms with Crippen LogP contribution in [0, 0.1) is 25.2 Å². The van der Waals surface area contributed by atoms with Crippen molar-refractivity contribution < 1.29 is 14.3 Å². The Labute approximate surface area is 148 Å². The van der Waals surface area contributed by atoms with Gasteiger partial charge in [0.15, 0.2) is 0 Å². The summed E-state index contributed by atoms with van der Waals surface area (Å²) in [5.74, 6) is 0.182. The number of nitriles is 1. The molecule has 0 fully saturated rings. The minimum Gasteiger partial charge on any atom is -0.497 e. The molecule has 5 heteroatoms. The summed E-state index contributed by atoms with van der Waals surface area (Å²) in [6.07, 6.45) is 1.31. The summed E-state index contributed by atoms with van der Waals surface area (Å²) in [6, 6.07) is 11.6. The predicted octanol–water partition coefficient (Wildman–Crippen LogP) is 3.96. The fourth-order valence-corrected chi connectivity index (χ4v) is 2.63. The number of carbonyl (C=O) groups excluding carboxylic acids is 1. The van der Waals surface area contributed by atoms with Crippen LogP contribution in [0.5, 0.6) is 5.75 Å². The van der Waals surface area contributed by atoms with Crippen LogP contribution in [0.1, 0.15) is 30.8 Å². The Balaban J connectivity index is 2.43. The van der Waals surface area contributed by atoms with E-state index in [1.165, 1.54) is 0 Å². The first-order chi connectivity index (χ1) is 11.9. The predicted molar refractivity (Wildman–Crippen MR) is 96.6 cm³/mol. The average Bonchev–Trinajstić information content (AvgIpc) is 2.85. The molecule has 0 aliphatic rings. The van der Waals surface area contributed by atoms with Gasteiger partial charge in [-0.1, -0.05) is 0 Å². The first kappa shape index (κ1) is 18.3. The molecule has 2 aromatic rings. The van der Waals surface area contributed by atoms with Crippen LogP contribution in [-0.2, 0) is 9.53 Å². The smallest absolute Gasteiger partial charge is 0.349 e. The number of nitrogens with zero attached hydrogens (tertiary/aromatic N) is 2. The summed E-state index contributed by atoms with van der Waals surface area (Å²) in [6.45, 7) is 7.43. The van der Waals surface area contributed by atoms with E-state index < -0.39 is 5.97 Å². The topological polar surface area (TPSA) is 64.2 Å². The third kappa shape index (κ3) is 4.10. The van der Waals surface area contributed by atoms with E-state index in [0.717, 1.165) is 28.4 Å². The SMILES string of the molecule is COc1ccc(-n2c(C)cc(/C=C(\C#N)C(=O)OC(C)C)c2C)cc1. The van der Waals surface area contributed by atoms with Gasteiger partial charge < -0.3 is 14.0 Å². The third-order valence-corrected chi connectivity index (χ3v) is 3.78. The number of rotatable bonds is 5. The summed E-state index contributed by atoms with van der Waals surface area (Å²) in [5, 5.41) is 9.27. The fraction of sp³-hybridized carbons (Fsp3) is 0.300. The Morgan fingerprint density at radius 2 is 1.88 bits per heavy atom. The number of benzene rings is 1. The van der Waals surface area contributed by atoms with E-state index >= 15 is 0 Å². The van der Waals surface area contributed by atoms with Gasteiger partial charge in [-0.25, -0.2) is 4.79 Å². The second kappa shape index (κ2) is 7.71. The quantitative estimate of drug-likeness (QED) is 0.470. The molecule has 0 unspecified atom stereocenters. The molecule has 0 saturated carbocycles. The van der Waals surface area contributed by atoms with Gasteiger partial charge in [0.05, 0.1) is 13.2 Å². The number of hydrogen-bond donors (Lipinski definition) is 0. The van der Waals surface area contributed by atoms with Crippen molar-refractivity contribution in [3.8, 4) is 17.5 Å². The molecule has 130 valence electrons. The highest BCUT2D eigenvalue weighted by Gasteiger charge is 2.15. The van der Waals surface area contributed by atoms with Gasteiger partial charge in [0.25, 0.3) is 0 Å². The van der Waals surface area contributed by atoms with Gasteiger partial charge in [0.1, 0.15) is 17.4 Å². The Bertz CT molecular complexity index is 837. The molecule has 1 aromatic heterocycles. The fourth-order valence-electron chi connectivity index (χ4n) is 2.63. The molecule has 25 heavy (non-hydrogen) atoms. The Morgan fingerprint density at radius 1 is 1.24 bits per heavy atom. The van der Waals surface area contributed by atoms with Crippen LogP contribution in [0.3, 0.4) is 0 Å². The van der Waals surface area contributed by atoms with Crippen molar-refractivity contribution in [2.75, 3.05) is 7.11 Å². The molecule has 1 heterocycles. The summed E-state index contributed by atoms with van der Waals surface area (Å²) in [5.41, 5.74) is 3.73. The molecule has 0 spiro atoms. The normalized spacial score (nSPS) is 11.3. The molecule has 0 aliphatic carbocycles. The van der Waals surface area contributed by atoms with Crippen LogP contribution in [-0.4, -0.2) is 23.8 Å². The summed E-state index contributed by atoms with van der Waals surface area (Å²) < 4.78 is 12.4. The van der Waals surface area contributed by atoms with Crippen LogP contribution in [0.15, 0.2) is 35.9 Å². The third-order valence-electron chi connectivity index (χ3n) is 3.78. The van der Waals surface area contributed by atoms with E-state index in [1.54, 1.807) is 27.0 Å². The molecule has 0 bridgehead atoms. The number of aryl methyl sites for hydroxylation is 1. The van der Waals surface area contributed by atoms with E-state index in [4.69, 9.17) is 9.47 Å². The summed E-state index contributed by atoms with van der Waals surface area (Å²) in [7, 11) is 1.63.